The summed E-state index contributed by atoms with van der Waals surface area (Å²) in [6.45, 7) is 11.1. The van der Waals surface area contributed by atoms with Crippen LogP contribution in [0.3, 0.4) is 0 Å². The summed E-state index contributed by atoms with van der Waals surface area (Å²) >= 11 is 0. The molecule has 0 saturated heterocycles. The maximum atomic E-state index is 9.61. The molecule has 0 spiro atoms. The lowest BCUT2D eigenvalue weighted by atomic mass is 9.87. The van der Waals surface area contributed by atoms with E-state index in [2.05, 4.69) is 50.4 Å². The lowest BCUT2D eigenvalue weighted by Gasteiger charge is -2.20. The molecule has 0 fully saturated rings. The van der Waals surface area contributed by atoms with Gasteiger partial charge >= 0.3 is 0 Å². The van der Waals surface area contributed by atoms with Gasteiger partial charge in [0, 0.05) is 12.2 Å². The lowest BCUT2D eigenvalue weighted by Crippen LogP contribution is -2.22. The second-order valence-corrected chi connectivity index (χ2v) is 6.32. The van der Waals surface area contributed by atoms with E-state index in [1.54, 1.807) is 0 Å². The molecule has 0 bridgehead atoms. The van der Waals surface area contributed by atoms with Crippen LogP contribution in [0, 0.1) is 0 Å². The minimum Gasteiger partial charge on any atom is -0.390 e. The Kier molecular flexibility index (Phi) is 4.21. The van der Waals surface area contributed by atoms with Gasteiger partial charge < -0.3 is 10.4 Å². The van der Waals surface area contributed by atoms with Gasteiger partial charge in [-0.15, -0.1) is 0 Å². The van der Waals surface area contributed by atoms with Crippen LogP contribution in [-0.4, -0.2) is 17.3 Å². The lowest BCUT2D eigenvalue weighted by molar-refractivity contribution is 0.0749. The van der Waals surface area contributed by atoms with Crippen molar-refractivity contribution in [1.82, 2.24) is 0 Å². The molecule has 1 rings (SSSR count). The third-order valence-electron chi connectivity index (χ3n) is 2.82. The molecule has 0 radical (unpaired) electrons. The molecule has 0 aromatic heterocycles. The average molecular weight is 235 g/mol. The van der Waals surface area contributed by atoms with Gasteiger partial charge in [0.25, 0.3) is 0 Å². The molecule has 0 aliphatic rings. The Labute approximate surface area is 105 Å². The first-order valence-electron chi connectivity index (χ1n) is 6.25. The first-order chi connectivity index (χ1) is 7.68. The van der Waals surface area contributed by atoms with Crippen LogP contribution in [0.1, 0.15) is 46.6 Å². The molecular formula is C15H25NO. The minimum absolute atomic E-state index is 0.200. The Hall–Kier alpha value is -1.02. The van der Waals surface area contributed by atoms with Crippen LogP contribution in [0.5, 0.6) is 0 Å². The van der Waals surface area contributed by atoms with E-state index in [4.69, 9.17) is 0 Å². The second kappa shape index (κ2) is 5.09. The van der Waals surface area contributed by atoms with Crippen molar-refractivity contribution in [2.24, 2.45) is 0 Å². The van der Waals surface area contributed by atoms with Gasteiger partial charge in [0.15, 0.2) is 0 Å². The molecule has 0 saturated carbocycles. The highest BCUT2D eigenvalue weighted by atomic mass is 16.3. The SMILES string of the molecule is CC(C)(O)CCNc1ccc(C(C)(C)C)cc1. The smallest absolute Gasteiger partial charge is 0.0608 e. The highest BCUT2D eigenvalue weighted by molar-refractivity contribution is 5.45. The van der Waals surface area contributed by atoms with E-state index in [1.807, 2.05) is 13.8 Å². The molecule has 0 unspecified atom stereocenters. The first kappa shape index (κ1) is 14.0. The predicted octanol–water partition coefficient (Wildman–Crippen LogP) is 3.56. The normalized spacial score (nSPS) is 12.6. The molecule has 0 atom stereocenters. The standard InChI is InChI=1S/C15H25NO/c1-14(2,3)12-6-8-13(9-7-12)16-11-10-15(4,5)17/h6-9,16-17H,10-11H2,1-5H3. The number of benzene rings is 1. The zero-order chi connectivity index (χ0) is 13.1. The Morgan fingerprint density at radius 2 is 1.53 bits per heavy atom. The number of nitrogens with one attached hydrogen (secondary N) is 1. The molecule has 0 aliphatic carbocycles. The number of hydrogen-bond donors (Lipinski definition) is 2. The summed E-state index contributed by atoms with van der Waals surface area (Å²) in [5.74, 6) is 0. The molecule has 1 aromatic carbocycles. The molecule has 17 heavy (non-hydrogen) atoms. The summed E-state index contributed by atoms with van der Waals surface area (Å²) in [5, 5.41) is 12.9. The first-order valence-corrected chi connectivity index (χ1v) is 6.25. The van der Waals surface area contributed by atoms with Gasteiger partial charge in [-0.3, -0.25) is 0 Å². The van der Waals surface area contributed by atoms with E-state index in [0.717, 1.165) is 18.7 Å². The zero-order valence-electron chi connectivity index (χ0n) is 11.7. The number of hydrogen-bond acceptors (Lipinski definition) is 2. The van der Waals surface area contributed by atoms with E-state index in [-0.39, 0.29) is 5.41 Å². The fourth-order valence-electron chi connectivity index (χ4n) is 1.60. The number of aliphatic hydroxyl groups is 1. The van der Waals surface area contributed by atoms with Gasteiger partial charge in [-0.05, 0) is 43.4 Å². The Bertz CT molecular complexity index is 341. The van der Waals surface area contributed by atoms with Crippen molar-refractivity contribution in [3.05, 3.63) is 29.8 Å². The van der Waals surface area contributed by atoms with Crippen LogP contribution < -0.4 is 5.32 Å². The summed E-state index contributed by atoms with van der Waals surface area (Å²) in [7, 11) is 0. The summed E-state index contributed by atoms with van der Waals surface area (Å²) in [6.07, 6.45) is 0.744. The highest BCUT2D eigenvalue weighted by Gasteiger charge is 2.13. The molecular weight excluding hydrogens is 210 g/mol. The van der Waals surface area contributed by atoms with Crippen molar-refractivity contribution < 1.29 is 5.11 Å². The summed E-state index contributed by atoms with van der Waals surface area (Å²) in [4.78, 5) is 0. The molecule has 96 valence electrons. The van der Waals surface area contributed by atoms with Gasteiger partial charge in [-0.2, -0.15) is 0 Å². The van der Waals surface area contributed by atoms with Crippen LogP contribution >= 0.6 is 0 Å². The number of anilines is 1. The van der Waals surface area contributed by atoms with Crippen LogP contribution in [0.15, 0.2) is 24.3 Å². The topological polar surface area (TPSA) is 32.3 Å². The fraction of sp³-hybridized carbons (Fsp3) is 0.600. The van der Waals surface area contributed by atoms with Gasteiger partial charge in [0.05, 0.1) is 5.60 Å². The van der Waals surface area contributed by atoms with Crippen molar-refractivity contribution >= 4 is 5.69 Å². The van der Waals surface area contributed by atoms with Crippen LogP contribution in [0.4, 0.5) is 5.69 Å². The molecule has 1 aromatic rings. The largest absolute Gasteiger partial charge is 0.390 e. The zero-order valence-corrected chi connectivity index (χ0v) is 11.7. The van der Waals surface area contributed by atoms with Crippen molar-refractivity contribution in [3.8, 4) is 0 Å². The Morgan fingerprint density at radius 3 is 1.94 bits per heavy atom. The number of rotatable bonds is 4. The molecule has 2 nitrogen and oxygen atoms in total. The summed E-state index contributed by atoms with van der Waals surface area (Å²) < 4.78 is 0. The maximum Gasteiger partial charge on any atom is 0.0608 e. The van der Waals surface area contributed by atoms with Crippen LogP contribution in [0.25, 0.3) is 0 Å². The van der Waals surface area contributed by atoms with Crippen molar-refractivity contribution in [2.75, 3.05) is 11.9 Å². The van der Waals surface area contributed by atoms with Crippen molar-refractivity contribution in [1.29, 1.82) is 0 Å². The Balaban J connectivity index is 2.52. The summed E-state index contributed by atoms with van der Waals surface area (Å²) in [6, 6.07) is 8.52. The van der Waals surface area contributed by atoms with Crippen LogP contribution in [-0.2, 0) is 5.41 Å². The third kappa shape index (κ3) is 5.22. The van der Waals surface area contributed by atoms with Gasteiger partial charge in [-0.1, -0.05) is 32.9 Å². The fourth-order valence-corrected chi connectivity index (χ4v) is 1.60. The Morgan fingerprint density at radius 1 is 1.00 bits per heavy atom. The molecule has 2 N–H and O–H groups in total. The molecule has 0 heterocycles. The second-order valence-electron chi connectivity index (χ2n) is 6.32. The third-order valence-corrected chi connectivity index (χ3v) is 2.82. The van der Waals surface area contributed by atoms with Gasteiger partial charge in [0.1, 0.15) is 0 Å². The quantitative estimate of drug-likeness (QED) is 0.836. The van der Waals surface area contributed by atoms with Gasteiger partial charge in [-0.25, -0.2) is 0 Å². The van der Waals surface area contributed by atoms with Crippen molar-refractivity contribution in [2.45, 2.75) is 52.1 Å². The van der Waals surface area contributed by atoms with Crippen LogP contribution in [0.2, 0.25) is 0 Å². The van der Waals surface area contributed by atoms with E-state index in [1.165, 1.54) is 5.56 Å². The highest BCUT2D eigenvalue weighted by Crippen LogP contribution is 2.23. The average Bonchev–Trinajstić information content (AvgIpc) is 2.15. The summed E-state index contributed by atoms with van der Waals surface area (Å²) in [5.41, 5.74) is 2.05. The molecule has 0 amide bonds. The molecule has 2 heteroatoms. The van der Waals surface area contributed by atoms with Gasteiger partial charge in [0.2, 0.25) is 0 Å². The monoisotopic (exact) mass is 235 g/mol. The maximum absolute atomic E-state index is 9.61. The predicted molar refractivity (Wildman–Crippen MR) is 74.5 cm³/mol. The van der Waals surface area contributed by atoms with E-state index in [0.29, 0.717) is 0 Å². The molecule has 0 aliphatic heterocycles. The van der Waals surface area contributed by atoms with E-state index < -0.39 is 5.60 Å². The van der Waals surface area contributed by atoms with Crippen molar-refractivity contribution in [3.63, 3.8) is 0 Å². The minimum atomic E-state index is -0.599. The van der Waals surface area contributed by atoms with E-state index >= 15 is 0 Å². The van der Waals surface area contributed by atoms with E-state index in [9.17, 15) is 5.11 Å².